The third-order valence-electron chi connectivity index (χ3n) is 7.73. The zero-order valence-corrected chi connectivity index (χ0v) is 26.1. The van der Waals surface area contributed by atoms with Crippen molar-refractivity contribution < 1.29 is 39.3 Å². The van der Waals surface area contributed by atoms with Gasteiger partial charge in [-0.15, -0.1) is 0 Å². The van der Waals surface area contributed by atoms with Gasteiger partial charge in [-0.1, -0.05) is 98.3 Å². The van der Waals surface area contributed by atoms with E-state index in [2.05, 4.69) is 32.3 Å². The molecular weight excluding hydrogens is 553 g/mol. The topological polar surface area (TPSA) is 35.1 Å². The Bertz CT molecular complexity index is 862. The molecule has 0 radical (unpaired) electrons. The van der Waals surface area contributed by atoms with Crippen molar-refractivity contribution in [2.45, 2.75) is 137 Å². The second-order valence-corrected chi connectivity index (χ2v) is 14.0. The van der Waals surface area contributed by atoms with Crippen LogP contribution in [0.4, 0.5) is 25.2 Å². The normalized spacial score (nSPS) is 21.4. The van der Waals surface area contributed by atoms with Crippen LogP contribution in [-0.2, 0) is 18.3 Å². The SMILES string of the molecule is CCCCCCCCCCCCCCn1cc[n+](C)c1C(=O)O[C@H]1C[C@@H](C)CC[C@@H]1C(C)C.F[P-](F)(F)(F)(F)F. The number of carbonyl (C=O) groups excluding carboxylic acids is 1. The van der Waals surface area contributed by atoms with Crippen LogP contribution >= 0.6 is 7.81 Å². The van der Waals surface area contributed by atoms with Crippen LogP contribution in [0.25, 0.3) is 0 Å². The molecule has 0 unspecified atom stereocenters. The fourth-order valence-corrected chi connectivity index (χ4v) is 5.53. The average molecular weight is 607 g/mol. The van der Waals surface area contributed by atoms with Crippen LogP contribution in [-0.4, -0.2) is 16.6 Å². The van der Waals surface area contributed by atoms with Gasteiger partial charge in [0.1, 0.15) is 18.5 Å². The van der Waals surface area contributed by atoms with Gasteiger partial charge in [-0.2, -0.15) is 0 Å². The summed E-state index contributed by atoms with van der Waals surface area (Å²) in [4.78, 5) is 13.1. The predicted octanol–water partition coefficient (Wildman–Crippen LogP) is 11.0. The number of halogens is 6. The van der Waals surface area contributed by atoms with Crippen LogP contribution in [0.3, 0.4) is 0 Å². The number of nitrogens with zero attached hydrogens (tertiary/aromatic N) is 2. The number of hydrogen-bond acceptors (Lipinski definition) is 2. The first kappa shape index (κ1) is 36.7. The Morgan fingerprint density at radius 3 is 1.88 bits per heavy atom. The predicted molar refractivity (Wildman–Crippen MR) is 151 cm³/mol. The van der Waals surface area contributed by atoms with Crippen LogP contribution in [0.2, 0.25) is 0 Å². The van der Waals surface area contributed by atoms with Crippen molar-refractivity contribution in [2.75, 3.05) is 0 Å². The van der Waals surface area contributed by atoms with Gasteiger partial charge >= 0.3 is 44.8 Å². The van der Waals surface area contributed by atoms with Gasteiger partial charge in [0.2, 0.25) is 0 Å². The number of aryl methyl sites for hydroxylation is 2. The van der Waals surface area contributed by atoms with Gasteiger partial charge in [-0.3, -0.25) is 0 Å². The zero-order valence-electron chi connectivity index (χ0n) is 25.2. The molecule has 0 bridgehead atoms. The van der Waals surface area contributed by atoms with Crippen LogP contribution in [0, 0.1) is 17.8 Å². The fraction of sp³-hybridized carbons (Fsp3) is 0.862. The molecule has 1 fully saturated rings. The van der Waals surface area contributed by atoms with E-state index < -0.39 is 7.81 Å². The van der Waals surface area contributed by atoms with Crippen LogP contribution in [0.1, 0.15) is 135 Å². The molecule has 3 atom stereocenters. The Kier molecular flexibility index (Phi) is 14.5. The number of ether oxygens (including phenoxy) is 1. The van der Waals surface area contributed by atoms with E-state index in [1.165, 1.54) is 83.5 Å². The molecule has 0 aliphatic heterocycles. The summed E-state index contributed by atoms with van der Waals surface area (Å²) in [5.74, 6) is 2.22. The molecule has 1 aliphatic rings. The molecule has 1 aliphatic carbocycles. The van der Waals surface area contributed by atoms with Gasteiger partial charge in [0.25, 0.3) is 0 Å². The second-order valence-electron chi connectivity index (χ2n) is 12.0. The molecule has 1 aromatic heterocycles. The zero-order chi connectivity index (χ0) is 30.5. The van der Waals surface area contributed by atoms with Crippen LogP contribution in [0.15, 0.2) is 12.4 Å². The number of esters is 1. The Hall–Kier alpha value is -1.31. The molecule has 0 amide bonds. The average Bonchev–Trinajstić information content (AvgIpc) is 3.17. The Labute approximate surface area is 237 Å². The summed E-state index contributed by atoms with van der Waals surface area (Å²) in [5, 5.41) is 0. The van der Waals surface area contributed by atoms with Gasteiger partial charge in [0.05, 0.1) is 13.6 Å². The molecule has 2 rings (SSSR count). The Morgan fingerprint density at radius 1 is 0.925 bits per heavy atom. The van der Waals surface area contributed by atoms with Crippen molar-refractivity contribution in [3.8, 4) is 0 Å². The number of rotatable bonds is 16. The first-order chi connectivity index (χ1) is 18.4. The molecule has 0 aromatic carbocycles. The third kappa shape index (κ3) is 18.2. The van der Waals surface area contributed by atoms with Crippen LogP contribution in [0.5, 0.6) is 0 Å². The minimum absolute atomic E-state index is 0.0521. The molecule has 40 heavy (non-hydrogen) atoms. The molecule has 1 heterocycles. The molecule has 11 heteroatoms. The van der Waals surface area contributed by atoms with Crippen molar-refractivity contribution in [2.24, 2.45) is 24.8 Å². The number of aromatic nitrogens is 2. The summed E-state index contributed by atoms with van der Waals surface area (Å²) in [6.07, 6.45) is 23.7. The van der Waals surface area contributed by atoms with Crippen molar-refractivity contribution in [3.63, 3.8) is 0 Å². The molecule has 0 N–H and O–H groups in total. The number of imidazole rings is 1. The van der Waals surface area contributed by atoms with Crippen molar-refractivity contribution in [3.05, 3.63) is 18.2 Å². The monoisotopic (exact) mass is 606 g/mol. The van der Waals surface area contributed by atoms with E-state index in [9.17, 15) is 30.0 Å². The standard InChI is InChI=1S/C29H53N2O2.F6P/c1-6-7-8-9-10-11-12-13-14-15-16-17-20-31-22-21-30(5)28(31)29(32)33-27-23-25(4)18-19-26(27)24(2)3;1-7(2,3,4,5)6/h21-22,24-27H,6-20,23H2,1-5H3;/q+1;-1/t25-,26+,27-;/m0./s1. The maximum absolute atomic E-state index is 13.1. The molecule has 1 saturated carbocycles. The summed E-state index contributed by atoms with van der Waals surface area (Å²) < 4.78 is 69.4. The second kappa shape index (κ2) is 15.8. The van der Waals surface area contributed by atoms with Crippen LogP contribution < -0.4 is 4.57 Å². The summed E-state index contributed by atoms with van der Waals surface area (Å²) >= 11 is 0. The van der Waals surface area contributed by atoms with Crippen molar-refractivity contribution in [1.82, 2.24) is 4.57 Å². The van der Waals surface area contributed by atoms with E-state index in [0.717, 1.165) is 19.4 Å². The first-order valence-electron chi connectivity index (χ1n) is 15.2. The van der Waals surface area contributed by atoms with Gasteiger partial charge in [0, 0.05) is 0 Å². The maximum atomic E-state index is 13.1. The third-order valence-corrected chi connectivity index (χ3v) is 7.73. The first-order valence-corrected chi connectivity index (χ1v) is 17.2. The van der Waals surface area contributed by atoms with E-state index in [0.29, 0.717) is 23.6 Å². The van der Waals surface area contributed by atoms with Crippen molar-refractivity contribution >= 4 is 13.8 Å². The molecule has 1 aromatic rings. The van der Waals surface area contributed by atoms with E-state index in [1.807, 2.05) is 24.0 Å². The van der Waals surface area contributed by atoms with Crippen molar-refractivity contribution in [1.29, 1.82) is 0 Å². The summed E-state index contributed by atoms with van der Waals surface area (Å²) in [5.41, 5.74) is 0. The van der Waals surface area contributed by atoms with E-state index >= 15 is 0 Å². The fourth-order valence-electron chi connectivity index (χ4n) is 5.53. The van der Waals surface area contributed by atoms with Gasteiger partial charge in [-0.05, 0) is 43.4 Å². The molecule has 0 saturated heterocycles. The van der Waals surface area contributed by atoms with E-state index in [1.54, 1.807) is 0 Å². The molecule has 238 valence electrons. The quantitative estimate of drug-likeness (QED) is 0.0617. The number of unbranched alkanes of at least 4 members (excludes halogenated alkanes) is 11. The minimum atomic E-state index is -10.7. The summed E-state index contributed by atoms with van der Waals surface area (Å²) in [6, 6.07) is 0. The van der Waals surface area contributed by atoms with E-state index in [4.69, 9.17) is 4.74 Å². The van der Waals surface area contributed by atoms with Gasteiger partial charge in [0.15, 0.2) is 0 Å². The Balaban J connectivity index is 0.00000101. The molecular formula is C29H53F6N2O2P. The van der Waals surface area contributed by atoms with E-state index in [-0.39, 0.29) is 12.1 Å². The molecule has 0 spiro atoms. The summed E-state index contributed by atoms with van der Waals surface area (Å²) in [7, 11) is -8.70. The number of hydrogen-bond donors (Lipinski definition) is 0. The number of carbonyl (C=O) groups is 1. The van der Waals surface area contributed by atoms with Gasteiger partial charge in [-0.25, -0.2) is 13.9 Å². The van der Waals surface area contributed by atoms with Gasteiger partial charge < -0.3 is 4.74 Å². The molecule has 4 nitrogen and oxygen atoms in total. The summed E-state index contributed by atoms with van der Waals surface area (Å²) in [6.45, 7) is 9.99. The Morgan fingerprint density at radius 2 is 1.40 bits per heavy atom.